The number of ether oxygens (including phenoxy) is 2. The van der Waals surface area contributed by atoms with Gasteiger partial charge in [-0.05, 0) is 18.9 Å². The maximum absolute atomic E-state index is 11.1. The van der Waals surface area contributed by atoms with E-state index in [2.05, 4.69) is 14.8 Å². The molecular formula is C9H15N3O4. The van der Waals surface area contributed by atoms with E-state index in [1.54, 1.807) is 6.92 Å². The smallest absolute Gasteiger partial charge is 0.313 e. The van der Waals surface area contributed by atoms with Gasteiger partial charge in [-0.3, -0.25) is 9.59 Å². The van der Waals surface area contributed by atoms with Crippen molar-refractivity contribution in [2.75, 3.05) is 26.4 Å². The minimum atomic E-state index is -0.537. The third-order valence-electron chi connectivity index (χ3n) is 1.52. The fourth-order valence-electron chi connectivity index (χ4n) is 0.892. The van der Waals surface area contributed by atoms with Crippen molar-refractivity contribution in [2.45, 2.75) is 19.8 Å². The second-order valence-corrected chi connectivity index (χ2v) is 2.88. The van der Waals surface area contributed by atoms with E-state index in [1.807, 2.05) is 0 Å². The maximum atomic E-state index is 11.1. The lowest BCUT2D eigenvalue weighted by Crippen LogP contribution is -2.16. The Kier molecular flexibility index (Phi) is 8.96. The molecule has 0 amide bonds. The van der Waals surface area contributed by atoms with Gasteiger partial charge in [-0.15, -0.1) is 0 Å². The Morgan fingerprint density at radius 2 is 2.19 bits per heavy atom. The number of Topliss-reactive ketones (excluding diaryl/α,β-unsaturated/α-hetero) is 1. The summed E-state index contributed by atoms with van der Waals surface area (Å²) in [6.45, 7) is 2.49. The van der Waals surface area contributed by atoms with E-state index >= 15 is 0 Å². The van der Waals surface area contributed by atoms with Crippen LogP contribution in [0.1, 0.15) is 19.8 Å². The molecule has 0 spiro atoms. The van der Waals surface area contributed by atoms with Crippen LogP contribution in [0.5, 0.6) is 0 Å². The third-order valence-corrected chi connectivity index (χ3v) is 1.52. The molecule has 0 heterocycles. The molecule has 7 heteroatoms. The molecule has 0 saturated heterocycles. The standard InChI is InChI=1S/C9H15N3O4/c1-2-16-9(14)6-8(13)7-15-5-3-4-11-12-10/h2-7H2,1H3. The predicted molar refractivity (Wildman–Crippen MR) is 55.7 cm³/mol. The number of hydrogen-bond donors (Lipinski definition) is 0. The van der Waals surface area contributed by atoms with E-state index in [1.165, 1.54) is 0 Å². The van der Waals surface area contributed by atoms with E-state index in [0.29, 0.717) is 19.6 Å². The predicted octanol–water partition coefficient (Wildman–Crippen LogP) is 1.23. The van der Waals surface area contributed by atoms with Crippen LogP contribution in [0, 0.1) is 0 Å². The highest BCUT2D eigenvalue weighted by Gasteiger charge is 2.09. The second-order valence-electron chi connectivity index (χ2n) is 2.88. The van der Waals surface area contributed by atoms with Crippen LogP contribution in [-0.2, 0) is 19.1 Å². The van der Waals surface area contributed by atoms with Crippen molar-refractivity contribution in [1.82, 2.24) is 0 Å². The summed E-state index contributed by atoms with van der Waals surface area (Å²) in [4.78, 5) is 24.6. The van der Waals surface area contributed by atoms with E-state index < -0.39 is 5.97 Å². The molecule has 0 saturated carbocycles. The lowest BCUT2D eigenvalue weighted by Gasteiger charge is -2.02. The molecule has 0 aliphatic heterocycles. The zero-order chi connectivity index (χ0) is 12.2. The van der Waals surface area contributed by atoms with Crippen molar-refractivity contribution in [2.24, 2.45) is 5.11 Å². The molecule has 0 bridgehead atoms. The minimum absolute atomic E-state index is 0.116. The Morgan fingerprint density at radius 1 is 1.44 bits per heavy atom. The van der Waals surface area contributed by atoms with Crippen molar-refractivity contribution in [3.63, 3.8) is 0 Å². The van der Waals surface area contributed by atoms with Crippen LogP contribution < -0.4 is 0 Å². The summed E-state index contributed by atoms with van der Waals surface area (Å²) in [5, 5.41) is 3.30. The van der Waals surface area contributed by atoms with Crippen molar-refractivity contribution in [1.29, 1.82) is 0 Å². The summed E-state index contributed by atoms with van der Waals surface area (Å²) in [5.41, 5.74) is 7.97. The molecule has 0 aromatic carbocycles. The average molecular weight is 229 g/mol. The zero-order valence-corrected chi connectivity index (χ0v) is 9.22. The van der Waals surface area contributed by atoms with Gasteiger partial charge in [0.1, 0.15) is 13.0 Å². The minimum Gasteiger partial charge on any atom is -0.466 e. The Balaban J connectivity index is 3.43. The average Bonchev–Trinajstić information content (AvgIpc) is 2.23. The van der Waals surface area contributed by atoms with Crippen molar-refractivity contribution in [3.8, 4) is 0 Å². The molecule has 0 aliphatic rings. The Hall–Kier alpha value is -1.59. The number of hydrogen-bond acceptors (Lipinski definition) is 5. The van der Waals surface area contributed by atoms with Gasteiger partial charge in [0, 0.05) is 18.1 Å². The van der Waals surface area contributed by atoms with Crippen LogP contribution in [-0.4, -0.2) is 38.1 Å². The van der Waals surface area contributed by atoms with E-state index in [9.17, 15) is 9.59 Å². The first-order valence-corrected chi connectivity index (χ1v) is 4.96. The molecule has 0 atom stereocenters. The molecule has 0 aliphatic carbocycles. The number of nitrogens with zero attached hydrogens (tertiary/aromatic N) is 3. The number of carbonyl (C=O) groups is 2. The Morgan fingerprint density at radius 3 is 2.81 bits per heavy atom. The van der Waals surface area contributed by atoms with Gasteiger partial charge < -0.3 is 9.47 Å². The fourth-order valence-corrected chi connectivity index (χ4v) is 0.892. The molecule has 7 nitrogen and oxygen atoms in total. The highest BCUT2D eigenvalue weighted by atomic mass is 16.5. The van der Waals surface area contributed by atoms with Gasteiger partial charge in [-0.2, -0.15) is 0 Å². The Labute approximate surface area is 93.3 Å². The molecule has 0 unspecified atom stereocenters. The first-order chi connectivity index (χ1) is 7.70. The number of rotatable bonds is 9. The van der Waals surface area contributed by atoms with Crippen molar-refractivity contribution >= 4 is 11.8 Å². The quantitative estimate of drug-likeness (QED) is 0.148. The third kappa shape index (κ3) is 8.98. The molecule has 0 aromatic rings. The molecule has 0 radical (unpaired) electrons. The van der Waals surface area contributed by atoms with Crippen molar-refractivity contribution < 1.29 is 19.1 Å². The number of ketones is 1. The Bertz CT molecular complexity index is 274. The normalized spacial score (nSPS) is 9.31. The SMILES string of the molecule is CCOC(=O)CC(=O)COCCCN=[N+]=[N-]. The van der Waals surface area contributed by atoms with E-state index in [-0.39, 0.29) is 25.4 Å². The van der Waals surface area contributed by atoms with Gasteiger partial charge in [0.25, 0.3) is 0 Å². The van der Waals surface area contributed by atoms with Gasteiger partial charge in [0.15, 0.2) is 5.78 Å². The number of carbonyl (C=O) groups excluding carboxylic acids is 2. The van der Waals surface area contributed by atoms with Crippen LogP contribution in [0.15, 0.2) is 5.11 Å². The van der Waals surface area contributed by atoms with Crippen molar-refractivity contribution in [3.05, 3.63) is 10.4 Å². The zero-order valence-electron chi connectivity index (χ0n) is 9.22. The summed E-state index contributed by atoms with van der Waals surface area (Å²) in [5.74, 6) is -0.854. The van der Waals surface area contributed by atoms with Gasteiger partial charge in [-0.1, -0.05) is 5.11 Å². The molecule has 0 aromatic heterocycles. The van der Waals surface area contributed by atoms with Gasteiger partial charge in [0.05, 0.1) is 6.61 Å². The first-order valence-electron chi connectivity index (χ1n) is 4.96. The summed E-state index contributed by atoms with van der Waals surface area (Å²) < 4.78 is 9.58. The topological polar surface area (TPSA) is 101 Å². The summed E-state index contributed by atoms with van der Waals surface area (Å²) in [7, 11) is 0. The van der Waals surface area contributed by atoms with E-state index in [0.717, 1.165) is 0 Å². The second kappa shape index (κ2) is 9.95. The van der Waals surface area contributed by atoms with E-state index in [4.69, 9.17) is 10.3 Å². The molecular weight excluding hydrogens is 214 g/mol. The lowest BCUT2D eigenvalue weighted by atomic mass is 10.3. The summed E-state index contributed by atoms with van der Waals surface area (Å²) >= 11 is 0. The van der Waals surface area contributed by atoms with Crippen LogP contribution in [0.4, 0.5) is 0 Å². The number of azide groups is 1. The first kappa shape index (κ1) is 14.4. The monoisotopic (exact) mass is 229 g/mol. The highest BCUT2D eigenvalue weighted by molar-refractivity contribution is 5.96. The van der Waals surface area contributed by atoms with Crippen LogP contribution in [0.3, 0.4) is 0 Å². The summed E-state index contributed by atoms with van der Waals surface area (Å²) in [6, 6.07) is 0. The lowest BCUT2D eigenvalue weighted by molar-refractivity contribution is -0.146. The molecule has 0 rings (SSSR count). The maximum Gasteiger partial charge on any atom is 0.313 e. The molecule has 16 heavy (non-hydrogen) atoms. The van der Waals surface area contributed by atoms with Gasteiger partial charge in [-0.25, -0.2) is 0 Å². The fraction of sp³-hybridized carbons (Fsp3) is 0.778. The molecule has 0 N–H and O–H groups in total. The molecule has 90 valence electrons. The summed E-state index contributed by atoms with van der Waals surface area (Å²) in [6.07, 6.45) is 0.293. The number of esters is 1. The van der Waals surface area contributed by atoms with Crippen LogP contribution in [0.25, 0.3) is 10.4 Å². The highest BCUT2D eigenvalue weighted by Crippen LogP contribution is 1.91. The van der Waals surface area contributed by atoms with Gasteiger partial charge >= 0.3 is 5.97 Å². The van der Waals surface area contributed by atoms with Gasteiger partial charge in [0.2, 0.25) is 0 Å². The van der Waals surface area contributed by atoms with Crippen LogP contribution in [0.2, 0.25) is 0 Å². The molecule has 0 fully saturated rings. The van der Waals surface area contributed by atoms with Crippen LogP contribution >= 0.6 is 0 Å². The largest absolute Gasteiger partial charge is 0.466 e.